The molecular weight excluding hydrogens is 270 g/mol. The van der Waals surface area contributed by atoms with E-state index >= 15 is 0 Å². The van der Waals surface area contributed by atoms with Crippen molar-refractivity contribution < 1.29 is 15.0 Å². The zero-order valence-electron chi connectivity index (χ0n) is 12.1. The summed E-state index contributed by atoms with van der Waals surface area (Å²) in [4.78, 5) is 18.0. The Morgan fingerprint density at radius 3 is 2.81 bits per heavy atom. The number of carboxylic acids is 1. The first-order valence-electron chi connectivity index (χ1n) is 6.81. The van der Waals surface area contributed by atoms with Gasteiger partial charge in [-0.2, -0.15) is 0 Å². The van der Waals surface area contributed by atoms with Crippen molar-refractivity contribution in [2.45, 2.75) is 26.3 Å². The lowest BCUT2D eigenvalue weighted by Gasteiger charge is -2.15. The van der Waals surface area contributed by atoms with Gasteiger partial charge in [-0.05, 0) is 36.6 Å². The lowest BCUT2D eigenvalue weighted by molar-refractivity contribution is 0.0691. The van der Waals surface area contributed by atoms with Crippen LogP contribution in [-0.4, -0.2) is 38.8 Å². The minimum atomic E-state index is -0.988. The number of nitrogens with zero attached hydrogens (tertiary/aromatic N) is 1. The first-order valence-corrected chi connectivity index (χ1v) is 6.81. The summed E-state index contributed by atoms with van der Waals surface area (Å²) in [5, 5.41) is 21.4. The fourth-order valence-electron chi connectivity index (χ4n) is 2.07. The van der Waals surface area contributed by atoms with Gasteiger partial charge in [0, 0.05) is 18.0 Å². The zero-order chi connectivity index (χ0) is 15.4. The summed E-state index contributed by atoms with van der Waals surface area (Å²) in [7, 11) is 0. The van der Waals surface area contributed by atoms with Gasteiger partial charge < -0.3 is 20.5 Å². The molecule has 0 amide bonds. The van der Waals surface area contributed by atoms with Crippen molar-refractivity contribution in [1.82, 2.24) is 9.97 Å². The van der Waals surface area contributed by atoms with E-state index < -0.39 is 5.97 Å². The van der Waals surface area contributed by atoms with Crippen LogP contribution in [0, 0.1) is 6.92 Å². The molecule has 1 atom stereocenters. The molecule has 0 saturated carbocycles. The van der Waals surface area contributed by atoms with Crippen molar-refractivity contribution >= 4 is 11.8 Å². The van der Waals surface area contributed by atoms with E-state index in [0.717, 1.165) is 23.1 Å². The van der Waals surface area contributed by atoms with Crippen molar-refractivity contribution in [3.63, 3.8) is 0 Å². The third-order valence-corrected chi connectivity index (χ3v) is 3.39. The number of hydrogen-bond acceptors (Lipinski definition) is 4. The molecule has 6 nitrogen and oxygen atoms in total. The highest BCUT2D eigenvalue weighted by Crippen LogP contribution is 2.26. The number of aliphatic hydroxyl groups excluding tert-OH is 1. The fraction of sp³-hybridized carbons (Fsp3) is 0.333. The van der Waals surface area contributed by atoms with Crippen molar-refractivity contribution in [2.24, 2.45) is 0 Å². The van der Waals surface area contributed by atoms with Gasteiger partial charge in [0.2, 0.25) is 0 Å². The largest absolute Gasteiger partial charge is 0.477 e. The Morgan fingerprint density at radius 2 is 2.24 bits per heavy atom. The summed E-state index contributed by atoms with van der Waals surface area (Å²) in [5.41, 5.74) is 2.81. The van der Waals surface area contributed by atoms with Gasteiger partial charge in [0.05, 0.1) is 12.6 Å². The highest BCUT2D eigenvalue weighted by atomic mass is 16.4. The molecule has 0 aliphatic carbocycles. The normalized spacial score (nSPS) is 12.1. The van der Waals surface area contributed by atoms with Gasteiger partial charge in [-0.25, -0.2) is 9.78 Å². The van der Waals surface area contributed by atoms with E-state index in [0.29, 0.717) is 5.82 Å². The van der Waals surface area contributed by atoms with Crippen LogP contribution in [0.1, 0.15) is 29.4 Å². The molecule has 0 aliphatic rings. The molecule has 0 aliphatic heterocycles. The van der Waals surface area contributed by atoms with E-state index in [2.05, 4.69) is 15.3 Å². The summed E-state index contributed by atoms with van der Waals surface area (Å²) >= 11 is 0. The number of aromatic carboxylic acids is 1. The van der Waals surface area contributed by atoms with E-state index in [-0.39, 0.29) is 18.3 Å². The third kappa shape index (κ3) is 3.41. The quantitative estimate of drug-likeness (QED) is 0.654. The number of carbonyl (C=O) groups is 1. The SMILES string of the molecule is CC[C@@H](CO)Nc1cc(-c2c[nH]c(C(=O)O)c2)c(C)cn1. The smallest absolute Gasteiger partial charge is 0.352 e. The Kier molecular flexibility index (Phi) is 4.59. The minimum Gasteiger partial charge on any atom is -0.477 e. The second kappa shape index (κ2) is 6.41. The Bertz CT molecular complexity index is 633. The topological polar surface area (TPSA) is 98.2 Å². The van der Waals surface area contributed by atoms with Gasteiger partial charge in [-0.15, -0.1) is 0 Å². The predicted octanol–water partition coefficient (Wildman–Crippen LogP) is 2.27. The van der Waals surface area contributed by atoms with Crippen molar-refractivity contribution in [3.8, 4) is 11.1 Å². The van der Waals surface area contributed by atoms with Gasteiger partial charge in [0.25, 0.3) is 0 Å². The molecule has 21 heavy (non-hydrogen) atoms. The second-order valence-electron chi connectivity index (χ2n) is 4.92. The molecule has 0 spiro atoms. The number of anilines is 1. The third-order valence-electron chi connectivity index (χ3n) is 3.39. The van der Waals surface area contributed by atoms with Gasteiger partial charge >= 0.3 is 5.97 Å². The van der Waals surface area contributed by atoms with Crippen molar-refractivity contribution in [1.29, 1.82) is 0 Å². The van der Waals surface area contributed by atoms with E-state index in [1.807, 2.05) is 19.9 Å². The van der Waals surface area contributed by atoms with Gasteiger partial charge in [0.1, 0.15) is 11.5 Å². The number of carboxylic acid groups (broad SMARTS) is 1. The number of H-pyrrole nitrogens is 1. The number of aromatic amines is 1. The number of rotatable bonds is 6. The molecule has 2 aromatic rings. The maximum atomic E-state index is 10.9. The maximum Gasteiger partial charge on any atom is 0.352 e. The Labute approximate surface area is 122 Å². The Hall–Kier alpha value is -2.34. The summed E-state index contributed by atoms with van der Waals surface area (Å²) in [6.07, 6.45) is 4.18. The highest BCUT2D eigenvalue weighted by Gasteiger charge is 2.12. The molecule has 112 valence electrons. The predicted molar refractivity (Wildman–Crippen MR) is 80.5 cm³/mol. The van der Waals surface area contributed by atoms with E-state index in [4.69, 9.17) is 5.11 Å². The highest BCUT2D eigenvalue weighted by molar-refractivity contribution is 5.88. The molecule has 4 N–H and O–H groups in total. The molecule has 2 heterocycles. The van der Waals surface area contributed by atoms with Crippen LogP contribution in [-0.2, 0) is 0 Å². The van der Waals surface area contributed by atoms with Crippen LogP contribution < -0.4 is 5.32 Å². The van der Waals surface area contributed by atoms with E-state index in [9.17, 15) is 9.90 Å². The average Bonchev–Trinajstić information content (AvgIpc) is 2.96. The number of hydrogen-bond donors (Lipinski definition) is 4. The van der Waals surface area contributed by atoms with Gasteiger partial charge in [-0.1, -0.05) is 6.92 Å². The van der Waals surface area contributed by atoms with Gasteiger partial charge in [0.15, 0.2) is 0 Å². The van der Waals surface area contributed by atoms with E-state index in [1.165, 1.54) is 0 Å². The molecule has 6 heteroatoms. The molecule has 0 aromatic carbocycles. The Balaban J connectivity index is 2.32. The van der Waals surface area contributed by atoms with Crippen LogP contribution in [0.3, 0.4) is 0 Å². The molecule has 0 unspecified atom stereocenters. The molecule has 2 rings (SSSR count). The molecule has 0 radical (unpaired) electrons. The van der Waals surface area contributed by atoms with Crippen molar-refractivity contribution in [2.75, 3.05) is 11.9 Å². The number of pyridine rings is 1. The summed E-state index contributed by atoms with van der Waals surface area (Å²) in [6, 6.07) is 3.41. The number of aryl methyl sites for hydroxylation is 1. The van der Waals surface area contributed by atoms with Crippen LogP contribution in [0.5, 0.6) is 0 Å². The number of aliphatic hydroxyl groups is 1. The van der Waals surface area contributed by atoms with Crippen LogP contribution in [0.15, 0.2) is 24.5 Å². The van der Waals surface area contributed by atoms with Crippen molar-refractivity contribution in [3.05, 3.63) is 35.8 Å². The molecular formula is C15H19N3O3. The first-order chi connectivity index (χ1) is 10.0. The summed E-state index contributed by atoms with van der Waals surface area (Å²) in [6.45, 7) is 3.94. The monoisotopic (exact) mass is 289 g/mol. The molecule has 2 aromatic heterocycles. The fourth-order valence-corrected chi connectivity index (χ4v) is 2.07. The lowest BCUT2D eigenvalue weighted by atomic mass is 10.0. The zero-order valence-corrected chi connectivity index (χ0v) is 12.1. The summed E-state index contributed by atoms with van der Waals surface area (Å²) in [5.74, 6) is -0.327. The number of nitrogens with one attached hydrogen (secondary N) is 2. The van der Waals surface area contributed by atoms with Crippen LogP contribution in [0.4, 0.5) is 5.82 Å². The summed E-state index contributed by atoms with van der Waals surface area (Å²) < 4.78 is 0. The first kappa shape index (κ1) is 15.1. The Morgan fingerprint density at radius 1 is 1.48 bits per heavy atom. The average molecular weight is 289 g/mol. The lowest BCUT2D eigenvalue weighted by Crippen LogP contribution is -2.23. The van der Waals surface area contributed by atoms with Crippen LogP contribution in [0.2, 0.25) is 0 Å². The minimum absolute atomic E-state index is 0.0364. The molecule has 0 fully saturated rings. The molecule has 0 bridgehead atoms. The van der Waals surface area contributed by atoms with E-state index in [1.54, 1.807) is 18.5 Å². The molecule has 0 saturated heterocycles. The number of aromatic nitrogens is 2. The van der Waals surface area contributed by atoms with Gasteiger partial charge in [-0.3, -0.25) is 0 Å². The van der Waals surface area contributed by atoms with Crippen LogP contribution in [0.25, 0.3) is 11.1 Å². The van der Waals surface area contributed by atoms with Crippen LogP contribution >= 0.6 is 0 Å². The maximum absolute atomic E-state index is 10.9. The second-order valence-corrected chi connectivity index (χ2v) is 4.92. The standard InChI is InChI=1S/C15H19N3O3/c1-3-11(8-19)18-14-5-12(9(2)6-17-14)10-4-13(15(20)21)16-7-10/h4-7,11,16,19H,3,8H2,1-2H3,(H,17,18)(H,20,21)/t11-/m0/s1.